The van der Waals surface area contributed by atoms with Crippen LogP contribution in [0.25, 0.3) is 0 Å². The molecule has 4 nitrogen and oxygen atoms in total. The molecule has 0 aromatic carbocycles. The number of rotatable bonds is 8. The van der Waals surface area contributed by atoms with Crippen molar-refractivity contribution < 1.29 is 4.79 Å². The van der Waals surface area contributed by atoms with E-state index in [0.717, 1.165) is 19.0 Å². The Balaban J connectivity index is 2.29. The maximum absolute atomic E-state index is 12.1. The molecule has 1 saturated carbocycles. The van der Waals surface area contributed by atoms with Crippen LogP contribution in [0.15, 0.2) is 0 Å². The SMILES string of the molecule is CCC(C)(C)NC(=O)C(C)NCC(C)N(C)C1CC1. The summed E-state index contributed by atoms with van der Waals surface area (Å²) in [6.45, 7) is 11.2. The lowest BCUT2D eigenvalue weighted by Crippen LogP contribution is -2.52. The van der Waals surface area contributed by atoms with Crippen LogP contribution in [0.2, 0.25) is 0 Å². The highest BCUT2D eigenvalue weighted by Gasteiger charge is 2.29. The highest BCUT2D eigenvalue weighted by atomic mass is 16.2. The van der Waals surface area contributed by atoms with E-state index in [4.69, 9.17) is 0 Å². The number of carbonyl (C=O) groups excluding carboxylic acids is 1. The zero-order chi connectivity index (χ0) is 14.6. The van der Waals surface area contributed by atoms with Gasteiger partial charge in [-0.3, -0.25) is 9.69 Å². The molecule has 19 heavy (non-hydrogen) atoms. The maximum atomic E-state index is 12.1. The minimum absolute atomic E-state index is 0.0909. The van der Waals surface area contributed by atoms with Gasteiger partial charge in [0.2, 0.25) is 5.91 Å². The number of nitrogens with one attached hydrogen (secondary N) is 2. The molecular formula is C15H31N3O. The van der Waals surface area contributed by atoms with E-state index in [9.17, 15) is 4.79 Å². The number of likely N-dealkylation sites (N-methyl/N-ethyl adjacent to an activating group) is 1. The van der Waals surface area contributed by atoms with E-state index in [1.54, 1.807) is 0 Å². The zero-order valence-electron chi connectivity index (χ0n) is 13.4. The molecule has 2 unspecified atom stereocenters. The Hall–Kier alpha value is -0.610. The molecule has 2 atom stereocenters. The van der Waals surface area contributed by atoms with E-state index in [2.05, 4.69) is 50.3 Å². The average Bonchev–Trinajstić information content (AvgIpc) is 3.18. The minimum Gasteiger partial charge on any atom is -0.350 e. The molecule has 1 aliphatic rings. The fraction of sp³-hybridized carbons (Fsp3) is 0.933. The molecule has 0 aromatic rings. The van der Waals surface area contributed by atoms with Crippen LogP contribution in [0.1, 0.15) is 53.9 Å². The Morgan fingerprint density at radius 3 is 2.42 bits per heavy atom. The number of hydrogen-bond donors (Lipinski definition) is 2. The largest absolute Gasteiger partial charge is 0.350 e. The number of carbonyl (C=O) groups is 1. The Kier molecular flexibility index (Phi) is 5.81. The zero-order valence-corrected chi connectivity index (χ0v) is 13.4. The third-order valence-corrected chi connectivity index (χ3v) is 4.28. The van der Waals surface area contributed by atoms with Crippen LogP contribution in [0, 0.1) is 0 Å². The van der Waals surface area contributed by atoms with Crippen molar-refractivity contribution >= 4 is 5.91 Å². The molecule has 0 saturated heterocycles. The van der Waals surface area contributed by atoms with Crippen molar-refractivity contribution in [2.45, 2.75) is 77.5 Å². The molecule has 0 bridgehead atoms. The Bertz CT molecular complexity index is 300. The van der Waals surface area contributed by atoms with Gasteiger partial charge in [-0.05, 0) is 54.0 Å². The second-order valence-corrected chi connectivity index (χ2v) is 6.60. The van der Waals surface area contributed by atoms with Gasteiger partial charge in [0, 0.05) is 24.2 Å². The monoisotopic (exact) mass is 269 g/mol. The first-order valence-electron chi connectivity index (χ1n) is 7.54. The average molecular weight is 269 g/mol. The summed E-state index contributed by atoms with van der Waals surface area (Å²) in [7, 11) is 2.18. The first-order chi connectivity index (χ1) is 8.76. The van der Waals surface area contributed by atoms with E-state index in [1.807, 2.05) is 6.92 Å². The van der Waals surface area contributed by atoms with Crippen LogP contribution in [-0.2, 0) is 4.79 Å². The number of nitrogens with zero attached hydrogens (tertiary/aromatic N) is 1. The predicted octanol–water partition coefficient (Wildman–Crippen LogP) is 1.75. The first kappa shape index (κ1) is 16.4. The summed E-state index contributed by atoms with van der Waals surface area (Å²) in [4.78, 5) is 14.5. The molecule has 2 N–H and O–H groups in total. The van der Waals surface area contributed by atoms with Gasteiger partial charge in [0.05, 0.1) is 6.04 Å². The third kappa shape index (κ3) is 5.49. The van der Waals surface area contributed by atoms with Crippen LogP contribution in [0.3, 0.4) is 0 Å². The van der Waals surface area contributed by atoms with Crippen molar-refractivity contribution in [1.29, 1.82) is 0 Å². The van der Waals surface area contributed by atoms with Crippen LogP contribution in [-0.4, -0.2) is 48.1 Å². The molecule has 0 spiro atoms. The molecule has 112 valence electrons. The Morgan fingerprint density at radius 1 is 1.37 bits per heavy atom. The van der Waals surface area contributed by atoms with Crippen molar-refractivity contribution in [1.82, 2.24) is 15.5 Å². The van der Waals surface area contributed by atoms with Gasteiger partial charge in [-0.15, -0.1) is 0 Å². The number of hydrogen-bond acceptors (Lipinski definition) is 3. The minimum atomic E-state index is -0.138. The predicted molar refractivity (Wildman–Crippen MR) is 80.2 cm³/mol. The van der Waals surface area contributed by atoms with Crippen LogP contribution < -0.4 is 10.6 Å². The summed E-state index contributed by atoms with van der Waals surface area (Å²) in [5.74, 6) is 0.0909. The third-order valence-electron chi connectivity index (χ3n) is 4.28. The van der Waals surface area contributed by atoms with Gasteiger partial charge in [-0.25, -0.2) is 0 Å². The molecular weight excluding hydrogens is 238 g/mol. The molecule has 0 radical (unpaired) electrons. The van der Waals surface area contributed by atoms with Gasteiger partial charge in [-0.2, -0.15) is 0 Å². The fourth-order valence-corrected chi connectivity index (χ4v) is 1.96. The van der Waals surface area contributed by atoms with Gasteiger partial charge in [0.25, 0.3) is 0 Å². The summed E-state index contributed by atoms with van der Waals surface area (Å²) in [5.41, 5.74) is -0.122. The molecule has 4 heteroatoms. The van der Waals surface area contributed by atoms with Crippen LogP contribution in [0.5, 0.6) is 0 Å². The highest BCUT2D eigenvalue weighted by molar-refractivity contribution is 5.81. The Labute approximate surface area is 118 Å². The van der Waals surface area contributed by atoms with E-state index < -0.39 is 0 Å². The van der Waals surface area contributed by atoms with Crippen molar-refractivity contribution in [2.24, 2.45) is 0 Å². The highest BCUT2D eigenvalue weighted by Crippen LogP contribution is 2.26. The normalized spacial score (nSPS) is 19.3. The standard InChI is InChI=1S/C15H31N3O/c1-7-15(4,5)17-14(19)12(3)16-10-11(2)18(6)13-8-9-13/h11-13,16H,7-10H2,1-6H3,(H,17,19). The van der Waals surface area contributed by atoms with Crippen LogP contribution in [0.4, 0.5) is 0 Å². The molecule has 1 fully saturated rings. The van der Waals surface area contributed by atoms with Gasteiger partial charge in [0.15, 0.2) is 0 Å². The summed E-state index contributed by atoms with van der Waals surface area (Å²) >= 11 is 0. The maximum Gasteiger partial charge on any atom is 0.237 e. The van der Waals surface area contributed by atoms with E-state index in [1.165, 1.54) is 12.8 Å². The second-order valence-electron chi connectivity index (χ2n) is 6.60. The summed E-state index contributed by atoms with van der Waals surface area (Å²) in [5, 5.41) is 6.42. The molecule has 1 rings (SSSR count). The number of amides is 1. The molecule has 0 heterocycles. The van der Waals surface area contributed by atoms with E-state index in [0.29, 0.717) is 6.04 Å². The van der Waals surface area contributed by atoms with E-state index >= 15 is 0 Å². The first-order valence-corrected chi connectivity index (χ1v) is 7.54. The van der Waals surface area contributed by atoms with Gasteiger partial charge in [0.1, 0.15) is 0 Å². The van der Waals surface area contributed by atoms with Gasteiger partial charge >= 0.3 is 0 Å². The van der Waals surface area contributed by atoms with Crippen molar-refractivity contribution in [3.8, 4) is 0 Å². The lowest BCUT2D eigenvalue weighted by Gasteiger charge is -2.29. The van der Waals surface area contributed by atoms with Crippen molar-refractivity contribution in [3.05, 3.63) is 0 Å². The van der Waals surface area contributed by atoms with E-state index in [-0.39, 0.29) is 17.5 Å². The van der Waals surface area contributed by atoms with Crippen LogP contribution >= 0.6 is 0 Å². The smallest absolute Gasteiger partial charge is 0.237 e. The Morgan fingerprint density at radius 2 is 1.95 bits per heavy atom. The topological polar surface area (TPSA) is 44.4 Å². The lowest BCUT2D eigenvalue weighted by atomic mass is 10.0. The molecule has 1 aliphatic carbocycles. The molecule has 0 aromatic heterocycles. The summed E-state index contributed by atoms with van der Waals surface area (Å²) in [6, 6.07) is 1.10. The lowest BCUT2D eigenvalue weighted by molar-refractivity contribution is -0.124. The second kappa shape index (κ2) is 6.71. The quantitative estimate of drug-likeness (QED) is 0.705. The fourth-order valence-electron chi connectivity index (χ4n) is 1.96. The van der Waals surface area contributed by atoms with Gasteiger partial charge in [-0.1, -0.05) is 6.92 Å². The summed E-state index contributed by atoms with van der Waals surface area (Å²) in [6.07, 6.45) is 3.58. The molecule has 0 aliphatic heterocycles. The molecule has 1 amide bonds. The van der Waals surface area contributed by atoms with Gasteiger partial charge < -0.3 is 10.6 Å². The van der Waals surface area contributed by atoms with Crippen molar-refractivity contribution in [2.75, 3.05) is 13.6 Å². The van der Waals surface area contributed by atoms with Crippen molar-refractivity contribution in [3.63, 3.8) is 0 Å². The summed E-state index contributed by atoms with van der Waals surface area (Å²) < 4.78 is 0.